The molecule has 0 fully saturated rings. The number of hydrogen-bond acceptors (Lipinski definition) is 5. The van der Waals surface area contributed by atoms with Crippen molar-refractivity contribution in [2.45, 2.75) is 18.7 Å². The summed E-state index contributed by atoms with van der Waals surface area (Å²) < 4.78 is 0. The van der Waals surface area contributed by atoms with E-state index in [-0.39, 0.29) is 23.7 Å². The van der Waals surface area contributed by atoms with Crippen LogP contribution in [0.15, 0.2) is 41.3 Å². The molecule has 27 heavy (non-hydrogen) atoms. The number of nitro benzene ring substituents is 1. The Morgan fingerprint density at radius 3 is 2.37 bits per heavy atom. The molecule has 2 aromatic rings. The number of carbonyl (C=O) groups is 2. The Hall–Kier alpha value is -2.87. The normalized spacial score (nSPS) is 10.4. The number of rotatable bonds is 6. The molecule has 8 heteroatoms. The van der Waals surface area contributed by atoms with Gasteiger partial charge >= 0.3 is 0 Å². The number of benzene rings is 2. The summed E-state index contributed by atoms with van der Waals surface area (Å²) in [5.41, 5.74) is 2.23. The summed E-state index contributed by atoms with van der Waals surface area (Å²) in [6, 6.07) is 10.0. The Morgan fingerprint density at radius 2 is 1.81 bits per heavy atom. The lowest BCUT2D eigenvalue weighted by molar-refractivity contribution is -0.385. The van der Waals surface area contributed by atoms with Crippen molar-refractivity contribution in [2.75, 3.05) is 25.2 Å². The van der Waals surface area contributed by atoms with Gasteiger partial charge in [0.1, 0.15) is 5.56 Å². The van der Waals surface area contributed by atoms with E-state index in [1.54, 1.807) is 6.07 Å². The highest BCUT2D eigenvalue weighted by atomic mass is 32.2. The van der Waals surface area contributed by atoms with E-state index in [0.29, 0.717) is 5.69 Å². The van der Waals surface area contributed by atoms with E-state index in [0.717, 1.165) is 16.0 Å². The van der Waals surface area contributed by atoms with Gasteiger partial charge in [-0.25, -0.2) is 0 Å². The molecule has 0 atom stereocenters. The van der Waals surface area contributed by atoms with E-state index >= 15 is 0 Å². The first kappa shape index (κ1) is 20.4. The second-order valence-corrected chi connectivity index (χ2v) is 7.00. The van der Waals surface area contributed by atoms with Gasteiger partial charge < -0.3 is 10.2 Å². The fourth-order valence-corrected chi connectivity index (χ4v) is 3.10. The van der Waals surface area contributed by atoms with Crippen molar-refractivity contribution in [2.24, 2.45) is 0 Å². The Kier molecular flexibility index (Phi) is 6.57. The quantitative estimate of drug-likeness (QED) is 0.464. The van der Waals surface area contributed by atoms with Crippen LogP contribution in [0.5, 0.6) is 0 Å². The minimum Gasteiger partial charge on any atom is -0.332 e. The van der Waals surface area contributed by atoms with Crippen LogP contribution in [-0.4, -0.2) is 41.5 Å². The topological polar surface area (TPSA) is 92.6 Å². The predicted octanol–water partition coefficient (Wildman–Crippen LogP) is 3.64. The van der Waals surface area contributed by atoms with Gasteiger partial charge in [0.05, 0.1) is 11.5 Å². The van der Waals surface area contributed by atoms with Gasteiger partial charge in [-0.05, 0) is 43.4 Å². The lowest BCUT2D eigenvalue weighted by Crippen LogP contribution is -2.35. The number of hydrogen-bond donors (Lipinski definition) is 1. The molecule has 7 nitrogen and oxygen atoms in total. The first-order chi connectivity index (χ1) is 12.7. The minimum absolute atomic E-state index is 0.0331. The number of nitro groups is 1. The van der Waals surface area contributed by atoms with E-state index in [1.165, 1.54) is 35.8 Å². The second kappa shape index (κ2) is 8.68. The molecule has 0 spiro atoms. The van der Waals surface area contributed by atoms with Crippen LogP contribution in [0.3, 0.4) is 0 Å². The van der Waals surface area contributed by atoms with Crippen molar-refractivity contribution in [3.63, 3.8) is 0 Å². The first-order valence-electron chi connectivity index (χ1n) is 8.18. The van der Waals surface area contributed by atoms with Gasteiger partial charge in [-0.3, -0.25) is 19.7 Å². The number of carbonyl (C=O) groups excluding carboxylic acids is 2. The SMILES string of the molecule is CSc1ccc([N+](=O)[O-])c(C(=O)N(C)CC(=O)Nc2c(C)cccc2C)c1. The molecular weight excluding hydrogens is 366 g/mol. The van der Waals surface area contributed by atoms with Crippen LogP contribution in [0, 0.1) is 24.0 Å². The highest BCUT2D eigenvalue weighted by Crippen LogP contribution is 2.26. The molecule has 0 heterocycles. The van der Waals surface area contributed by atoms with Crippen LogP contribution in [-0.2, 0) is 4.79 Å². The van der Waals surface area contributed by atoms with E-state index < -0.39 is 10.8 Å². The van der Waals surface area contributed by atoms with Crippen LogP contribution in [0.4, 0.5) is 11.4 Å². The summed E-state index contributed by atoms with van der Waals surface area (Å²) in [5, 5.41) is 14.0. The number of aryl methyl sites for hydroxylation is 2. The molecule has 0 aliphatic rings. The molecule has 1 N–H and O–H groups in total. The number of nitrogens with zero attached hydrogens (tertiary/aromatic N) is 2. The van der Waals surface area contributed by atoms with Crippen LogP contribution < -0.4 is 5.32 Å². The maximum absolute atomic E-state index is 12.7. The van der Waals surface area contributed by atoms with Gasteiger partial charge in [0.15, 0.2) is 0 Å². The molecule has 0 aromatic heterocycles. The van der Waals surface area contributed by atoms with Gasteiger partial charge in [-0.2, -0.15) is 0 Å². The number of nitrogens with one attached hydrogen (secondary N) is 1. The molecule has 2 aromatic carbocycles. The third-order valence-corrected chi connectivity index (χ3v) is 4.83. The maximum Gasteiger partial charge on any atom is 0.282 e. The van der Waals surface area contributed by atoms with Crippen molar-refractivity contribution < 1.29 is 14.5 Å². The molecule has 0 saturated heterocycles. The second-order valence-electron chi connectivity index (χ2n) is 6.12. The van der Waals surface area contributed by atoms with Gasteiger partial charge in [0.2, 0.25) is 5.91 Å². The van der Waals surface area contributed by atoms with Crippen LogP contribution in [0.25, 0.3) is 0 Å². The standard InChI is InChI=1S/C19H21N3O4S/c1-12-6-5-7-13(2)18(12)20-17(23)11-21(3)19(24)15-10-14(27-4)8-9-16(15)22(25)26/h5-10H,11H2,1-4H3,(H,20,23). The largest absolute Gasteiger partial charge is 0.332 e. The zero-order valence-corrected chi connectivity index (χ0v) is 16.4. The molecule has 142 valence electrons. The monoisotopic (exact) mass is 387 g/mol. The fraction of sp³-hybridized carbons (Fsp3) is 0.263. The number of amides is 2. The predicted molar refractivity (Wildman–Crippen MR) is 106 cm³/mol. The summed E-state index contributed by atoms with van der Waals surface area (Å²) in [7, 11) is 1.45. The molecule has 0 unspecified atom stereocenters. The van der Waals surface area contributed by atoms with Gasteiger partial charge in [0.25, 0.3) is 11.6 Å². The molecule has 2 amide bonds. The highest BCUT2D eigenvalue weighted by Gasteiger charge is 2.24. The molecule has 0 aliphatic heterocycles. The average molecular weight is 387 g/mol. The average Bonchev–Trinajstić information content (AvgIpc) is 2.63. The lowest BCUT2D eigenvalue weighted by atomic mass is 10.1. The third kappa shape index (κ3) is 4.85. The van der Waals surface area contributed by atoms with Crippen molar-refractivity contribution in [1.82, 2.24) is 4.90 Å². The fourth-order valence-electron chi connectivity index (χ4n) is 2.66. The number of likely N-dealkylation sites (N-methyl/N-ethyl adjacent to an activating group) is 1. The van der Waals surface area contributed by atoms with Gasteiger partial charge in [-0.15, -0.1) is 11.8 Å². The van der Waals surface area contributed by atoms with Crippen molar-refractivity contribution in [3.8, 4) is 0 Å². The summed E-state index contributed by atoms with van der Waals surface area (Å²) in [6.07, 6.45) is 1.82. The van der Waals surface area contributed by atoms with Gasteiger partial charge in [-0.1, -0.05) is 18.2 Å². The summed E-state index contributed by atoms with van der Waals surface area (Å²) in [4.78, 5) is 37.6. The maximum atomic E-state index is 12.7. The molecule has 0 saturated carbocycles. The highest BCUT2D eigenvalue weighted by molar-refractivity contribution is 7.98. The zero-order chi connectivity index (χ0) is 20.1. The Bertz CT molecular complexity index is 878. The molecule has 0 bridgehead atoms. The Morgan fingerprint density at radius 1 is 1.19 bits per heavy atom. The molecule has 0 aliphatic carbocycles. The summed E-state index contributed by atoms with van der Waals surface area (Å²) >= 11 is 1.38. The number of thioether (sulfide) groups is 1. The van der Waals surface area contributed by atoms with E-state index in [9.17, 15) is 19.7 Å². The van der Waals surface area contributed by atoms with Crippen LogP contribution in [0.1, 0.15) is 21.5 Å². The number of anilines is 1. The third-order valence-electron chi connectivity index (χ3n) is 4.10. The van der Waals surface area contributed by atoms with Crippen LogP contribution in [0.2, 0.25) is 0 Å². The molecule has 0 radical (unpaired) electrons. The Labute approximate surface area is 161 Å². The minimum atomic E-state index is -0.595. The zero-order valence-electron chi connectivity index (χ0n) is 15.6. The molecular formula is C19H21N3O4S. The first-order valence-corrected chi connectivity index (χ1v) is 9.41. The molecule has 2 rings (SSSR count). The van der Waals surface area contributed by atoms with E-state index in [4.69, 9.17) is 0 Å². The number of para-hydroxylation sites is 1. The smallest absolute Gasteiger partial charge is 0.282 e. The van der Waals surface area contributed by atoms with E-state index in [1.807, 2.05) is 38.3 Å². The van der Waals surface area contributed by atoms with Crippen molar-refractivity contribution in [3.05, 3.63) is 63.2 Å². The van der Waals surface area contributed by atoms with Crippen LogP contribution >= 0.6 is 11.8 Å². The summed E-state index contributed by atoms with van der Waals surface area (Å²) in [6.45, 7) is 3.55. The Balaban J connectivity index is 2.18. The van der Waals surface area contributed by atoms with Crippen molar-refractivity contribution >= 4 is 35.0 Å². The van der Waals surface area contributed by atoms with Gasteiger partial charge in [0, 0.05) is 23.7 Å². The van der Waals surface area contributed by atoms with E-state index in [2.05, 4.69) is 5.32 Å². The lowest BCUT2D eigenvalue weighted by Gasteiger charge is -2.18. The summed E-state index contributed by atoms with van der Waals surface area (Å²) in [5.74, 6) is -0.943. The van der Waals surface area contributed by atoms with Crippen molar-refractivity contribution in [1.29, 1.82) is 0 Å².